The molecule has 7 heteroatoms. The van der Waals surface area contributed by atoms with Crippen LogP contribution in [0.4, 0.5) is 0 Å². The number of nitrogens with zero attached hydrogens (tertiary/aromatic N) is 1. The van der Waals surface area contributed by atoms with Crippen LogP contribution in [0, 0.1) is 0 Å². The zero-order valence-electron chi connectivity index (χ0n) is 16.1. The summed E-state index contributed by atoms with van der Waals surface area (Å²) in [6, 6.07) is 7.30. The highest BCUT2D eigenvalue weighted by Gasteiger charge is 2.30. The first-order valence-corrected chi connectivity index (χ1v) is 9.22. The van der Waals surface area contributed by atoms with E-state index in [1.54, 1.807) is 14.2 Å². The monoisotopic (exact) mass is 375 g/mol. The molecule has 7 nitrogen and oxygen atoms in total. The van der Waals surface area contributed by atoms with Crippen LogP contribution in [0.3, 0.4) is 0 Å². The Balaban J connectivity index is 1.91. The van der Waals surface area contributed by atoms with Crippen LogP contribution in [-0.2, 0) is 14.3 Å². The molecular formula is C20H29N3O4. The van der Waals surface area contributed by atoms with Gasteiger partial charge in [0.1, 0.15) is 5.75 Å². The maximum atomic E-state index is 12.3. The molecule has 148 valence electrons. The lowest BCUT2D eigenvalue weighted by Crippen LogP contribution is -2.56. The Labute approximate surface area is 160 Å². The number of hydrogen-bond acceptors (Lipinski definition) is 5. The number of amides is 2. The third kappa shape index (κ3) is 6.69. The quantitative estimate of drug-likeness (QED) is 0.598. The van der Waals surface area contributed by atoms with Crippen molar-refractivity contribution in [1.82, 2.24) is 15.5 Å². The predicted octanol–water partition coefficient (Wildman–Crippen LogP) is 1.05. The van der Waals surface area contributed by atoms with E-state index in [4.69, 9.17) is 9.47 Å². The number of rotatable bonds is 10. The van der Waals surface area contributed by atoms with Gasteiger partial charge in [-0.15, -0.1) is 0 Å². The Bertz CT molecular complexity index is 648. The number of nitrogens with one attached hydrogen (secondary N) is 2. The van der Waals surface area contributed by atoms with Crippen molar-refractivity contribution in [3.63, 3.8) is 0 Å². The van der Waals surface area contributed by atoms with Crippen LogP contribution in [0.2, 0.25) is 0 Å². The van der Waals surface area contributed by atoms with Crippen molar-refractivity contribution in [3.05, 3.63) is 35.9 Å². The van der Waals surface area contributed by atoms with Gasteiger partial charge in [0.05, 0.1) is 19.6 Å². The van der Waals surface area contributed by atoms with E-state index < -0.39 is 6.04 Å². The van der Waals surface area contributed by atoms with Crippen molar-refractivity contribution in [2.45, 2.75) is 18.9 Å². The second-order valence-corrected chi connectivity index (χ2v) is 6.35. The van der Waals surface area contributed by atoms with E-state index in [2.05, 4.69) is 10.6 Å². The Morgan fingerprint density at radius 1 is 1.37 bits per heavy atom. The number of methoxy groups -OCH3 is 2. The molecule has 0 radical (unpaired) electrons. The van der Waals surface area contributed by atoms with E-state index in [1.165, 1.54) is 0 Å². The van der Waals surface area contributed by atoms with Gasteiger partial charge in [-0.2, -0.15) is 0 Å². The Morgan fingerprint density at radius 3 is 2.96 bits per heavy atom. The van der Waals surface area contributed by atoms with Crippen molar-refractivity contribution in [2.75, 3.05) is 47.0 Å². The smallest absolute Gasteiger partial charge is 0.237 e. The molecule has 2 N–H and O–H groups in total. The zero-order valence-corrected chi connectivity index (χ0v) is 16.1. The highest BCUT2D eigenvalue weighted by atomic mass is 16.5. The highest BCUT2D eigenvalue weighted by Crippen LogP contribution is 2.19. The van der Waals surface area contributed by atoms with Gasteiger partial charge in [0, 0.05) is 45.5 Å². The van der Waals surface area contributed by atoms with Crippen LogP contribution >= 0.6 is 0 Å². The number of ether oxygens (including phenoxy) is 2. The van der Waals surface area contributed by atoms with Crippen molar-refractivity contribution in [1.29, 1.82) is 0 Å². The van der Waals surface area contributed by atoms with Crippen LogP contribution in [0.1, 0.15) is 18.4 Å². The number of para-hydroxylation sites is 1. The first-order chi connectivity index (χ1) is 13.2. The molecule has 1 aromatic carbocycles. The van der Waals surface area contributed by atoms with Crippen molar-refractivity contribution >= 4 is 17.9 Å². The third-order valence-electron chi connectivity index (χ3n) is 4.44. The van der Waals surface area contributed by atoms with Crippen LogP contribution in [0.25, 0.3) is 6.08 Å². The van der Waals surface area contributed by atoms with E-state index in [1.807, 2.05) is 41.3 Å². The summed E-state index contributed by atoms with van der Waals surface area (Å²) in [5.74, 6) is 0.586. The Kier molecular flexibility index (Phi) is 8.80. The van der Waals surface area contributed by atoms with E-state index in [9.17, 15) is 9.59 Å². The summed E-state index contributed by atoms with van der Waals surface area (Å²) < 4.78 is 10.3. The fraction of sp³-hybridized carbons (Fsp3) is 0.500. The maximum absolute atomic E-state index is 12.3. The minimum absolute atomic E-state index is 0.0982. The lowest BCUT2D eigenvalue weighted by molar-refractivity contribution is -0.133. The molecule has 0 aliphatic carbocycles. The lowest BCUT2D eigenvalue weighted by Gasteiger charge is -2.33. The number of carbonyl (C=O) groups excluding carboxylic acids is 2. The number of carbonyl (C=O) groups is 2. The summed E-state index contributed by atoms with van der Waals surface area (Å²) in [4.78, 5) is 26.4. The average molecular weight is 375 g/mol. The predicted molar refractivity (Wildman–Crippen MR) is 105 cm³/mol. The van der Waals surface area contributed by atoms with Crippen LogP contribution in [0.15, 0.2) is 30.3 Å². The first-order valence-electron chi connectivity index (χ1n) is 9.22. The number of benzene rings is 1. The van der Waals surface area contributed by atoms with Gasteiger partial charge in [0.2, 0.25) is 11.8 Å². The van der Waals surface area contributed by atoms with E-state index in [0.717, 1.165) is 17.7 Å². The molecule has 2 rings (SSSR count). The molecule has 1 aliphatic heterocycles. The van der Waals surface area contributed by atoms with Gasteiger partial charge < -0.3 is 20.1 Å². The standard InChI is InChI=1S/C20H29N3O4/c1-26-14-6-10-21-19(24)15-17-20(25)22-11-13-23(17)12-5-8-16-7-3-4-9-18(16)27-2/h3-5,7-9,17H,6,10-15H2,1-2H3,(H,21,24)(H,22,25)/b8-5+. The molecule has 1 saturated heterocycles. The molecule has 1 heterocycles. The van der Waals surface area contributed by atoms with Crippen molar-refractivity contribution < 1.29 is 19.1 Å². The third-order valence-corrected chi connectivity index (χ3v) is 4.44. The van der Waals surface area contributed by atoms with Crippen LogP contribution in [0.5, 0.6) is 5.75 Å². The molecule has 0 saturated carbocycles. The lowest BCUT2D eigenvalue weighted by atomic mass is 10.1. The molecule has 2 amide bonds. The minimum atomic E-state index is -0.455. The Hall–Kier alpha value is -2.38. The van der Waals surface area contributed by atoms with Gasteiger partial charge in [-0.1, -0.05) is 30.4 Å². The van der Waals surface area contributed by atoms with Gasteiger partial charge in [0.25, 0.3) is 0 Å². The molecule has 1 unspecified atom stereocenters. The molecule has 0 aromatic heterocycles. The van der Waals surface area contributed by atoms with Gasteiger partial charge >= 0.3 is 0 Å². The van der Waals surface area contributed by atoms with Gasteiger partial charge in [-0.05, 0) is 12.5 Å². The summed E-state index contributed by atoms with van der Waals surface area (Å²) in [5.41, 5.74) is 0.980. The first kappa shape index (κ1) is 20.9. The summed E-state index contributed by atoms with van der Waals surface area (Å²) in [7, 11) is 3.27. The fourth-order valence-electron chi connectivity index (χ4n) is 3.01. The van der Waals surface area contributed by atoms with E-state index >= 15 is 0 Å². The van der Waals surface area contributed by atoms with Gasteiger partial charge in [-0.25, -0.2) is 0 Å². The fourth-order valence-corrected chi connectivity index (χ4v) is 3.01. The molecule has 27 heavy (non-hydrogen) atoms. The minimum Gasteiger partial charge on any atom is -0.496 e. The average Bonchev–Trinajstić information content (AvgIpc) is 2.68. The molecule has 1 fully saturated rings. The highest BCUT2D eigenvalue weighted by molar-refractivity contribution is 5.88. The molecule has 0 spiro atoms. The van der Waals surface area contributed by atoms with Crippen molar-refractivity contribution in [3.8, 4) is 5.75 Å². The summed E-state index contributed by atoms with van der Waals surface area (Å²) in [5, 5.41) is 5.69. The van der Waals surface area contributed by atoms with Crippen LogP contribution in [-0.4, -0.2) is 69.8 Å². The van der Waals surface area contributed by atoms with E-state index in [-0.39, 0.29) is 18.2 Å². The number of piperazine rings is 1. The maximum Gasteiger partial charge on any atom is 0.237 e. The second-order valence-electron chi connectivity index (χ2n) is 6.35. The van der Waals surface area contributed by atoms with Gasteiger partial charge in [-0.3, -0.25) is 14.5 Å². The summed E-state index contributed by atoms with van der Waals surface area (Å²) in [6.45, 7) is 3.04. The summed E-state index contributed by atoms with van der Waals surface area (Å²) in [6.07, 6.45) is 4.89. The van der Waals surface area contributed by atoms with Crippen LogP contribution < -0.4 is 15.4 Å². The zero-order chi connectivity index (χ0) is 19.5. The molecule has 1 atom stereocenters. The second kappa shape index (κ2) is 11.4. The van der Waals surface area contributed by atoms with E-state index in [0.29, 0.717) is 32.8 Å². The summed E-state index contributed by atoms with van der Waals surface area (Å²) >= 11 is 0. The molecule has 1 aliphatic rings. The normalized spacial score (nSPS) is 17.7. The topological polar surface area (TPSA) is 79.9 Å². The molecular weight excluding hydrogens is 346 g/mol. The van der Waals surface area contributed by atoms with Gasteiger partial charge in [0.15, 0.2) is 0 Å². The SMILES string of the molecule is COCCCNC(=O)CC1C(=O)NCCN1C/C=C/c1ccccc1OC. The molecule has 1 aromatic rings. The Morgan fingerprint density at radius 2 is 2.19 bits per heavy atom. The number of hydrogen-bond donors (Lipinski definition) is 2. The largest absolute Gasteiger partial charge is 0.496 e. The molecule has 0 bridgehead atoms. The van der Waals surface area contributed by atoms with Crippen molar-refractivity contribution in [2.24, 2.45) is 0 Å².